The van der Waals surface area contributed by atoms with Gasteiger partial charge in [0.25, 0.3) is 0 Å². The van der Waals surface area contributed by atoms with Crippen LogP contribution in [0.5, 0.6) is 0 Å². The van der Waals surface area contributed by atoms with Crippen LogP contribution in [0.4, 0.5) is 5.69 Å². The molecule has 0 radical (unpaired) electrons. The summed E-state index contributed by atoms with van der Waals surface area (Å²) in [4.78, 5) is 24.1. The number of Topliss-reactive ketones (excluding diaryl/α,β-unsaturated/α-hetero) is 1. The maximum absolute atomic E-state index is 11.8. The second kappa shape index (κ2) is 6.39. The number of esters is 1. The van der Waals surface area contributed by atoms with Crippen molar-refractivity contribution in [3.05, 3.63) is 49.6 Å². The van der Waals surface area contributed by atoms with E-state index in [1.54, 1.807) is 12.1 Å². The van der Waals surface area contributed by atoms with Crippen LogP contribution in [-0.2, 0) is 4.74 Å². The van der Waals surface area contributed by atoms with Crippen LogP contribution in [0.2, 0.25) is 5.02 Å². The summed E-state index contributed by atoms with van der Waals surface area (Å²) in [6.45, 7) is -0.326. The van der Waals surface area contributed by atoms with Gasteiger partial charge in [0, 0.05) is 10.7 Å². The minimum Gasteiger partial charge on any atom is -0.454 e. The number of nitrogens with two attached hydrogens (primary N) is 1. The average Bonchev–Trinajstić information content (AvgIpc) is 2.82. The van der Waals surface area contributed by atoms with Crippen molar-refractivity contribution in [2.75, 3.05) is 12.3 Å². The van der Waals surface area contributed by atoms with Gasteiger partial charge in [0.2, 0.25) is 5.78 Å². The molecule has 0 aliphatic carbocycles. The highest BCUT2D eigenvalue weighted by molar-refractivity contribution is 9.11. The Labute approximate surface area is 132 Å². The predicted molar refractivity (Wildman–Crippen MR) is 82.5 cm³/mol. The Morgan fingerprint density at radius 1 is 1.30 bits per heavy atom. The normalized spacial score (nSPS) is 10.3. The summed E-state index contributed by atoms with van der Waals surface area (Å²) in [7, 11) is 0. The number of ether oxygens (including phenoxy) is 1. The van der Waals surface area contributed by atoms with E-state index in [9.17, 15) is 9.59 Å². The van der Waals surface area contributed by atoms with Crippen molar-refractivity contribution < 1.29 is 14.3 Å². The van der Waals surface area contributed by atoms with Crippen LogP contribution in [-0.4, -0.2) is 18.4 Å². The SMILES string of the molecule is Nc1cc(Cl)ccc1C(=O)OCC(=O)c1ccc(Br)s1. The fourth-order valence-corrected chi connectivity index (χ4v) is 2.95. The molecule has 7 heteroatoms. The van der Waals surface area contributed by atoms with E-state index in [1.165, 1.54) is 29.5 Å². The molecule has 2 rings (SSSR count). The second-order valence-corrected chi connectivity index (χ2v) is 6.73. The molecule has 1 aromatic carbocycles. The predicted octanol–water partition coefficient (Wildman–Crippen LogP) is 3.79. The molecule has 0 atom stereocenters. The zero-order chi connectivity index (χ0) is 14.7. The van der Waals surface area contributed by atoms with E-state index >= 15 is 0 Å². The topological polar surface area (TPSA) is 69.4 Å². The smallest absolute Gasteiger partial charge is 0.340 e. The zero-order valence-electron chi connectivity index (χ0n) is 10.1. The molecular weight excluding hydrogens is 366 g/mol. The number of hydrogen-bond donors (Lipinski definition) is 1. The van der Waals surface area contributed by atoms with Crippen LogP contribution >= 0.6 is 38.9 Å². The van der Waals surface area contributed by atoms with Crippen molar-refractivity contribution in [2.24, 2.45) is 0 Å². The Hall–Kier alpha value is -1.37. The largest absolute Gasteiger partial charge is 0.454 e. The Morgan fingerprint density at radius 2 is 2.05 bits per heavy atom. The van der Waals surface area contributed by atoms with Crippen molar-refractivity contribution >= 4 is 56.3 Å². The van der Waals surface area contributed by atoms with Gasteiger partial charge in [-0.15, -0.1) is 11.3 Å². The summed E-state index contributed by atoms with van der Waals surface area (Å²) in [5, 5.41) is 0.429. The van der Waals surface area contributed by atoms with E-state index in [0.29, 0.717) is 9.90 Å². The van der Waals surface area contributed by atoms with Crippen molar-refractivity contribution in [3.8, 4) is 0 Å². The maximum atomic E-state index is 11.8. The molecule has 2 aromatic rings. The van der Waals surface area contributed by atoms with Crippen LogP contribution in [0.15, 0.2) is 34.1 Å². The van der Waals surface area contributed by atoms with E-state index in [4.69, 9.17) is 22.1 Å². The monoisotopic (exact) mass is 373 g/mol. The molecular formula is C13H9BrClNO3S. The summed E-state index contributed by atoms with van der Waals surface area (Å²) in [6, 6.07) is 7.88. The molecule has 104 valence electrons. The number of nitrogen functional groups attached to an aromatic ring is 1. The van der Waals surface area contributed by atoms with Gasteiger partial charge in [0.15, 0.2) is 6.61 Å². The molecule has 0 aliphatic heterocycles. The highest BCUT2D eigenvalue weighted by atomic mass is 79.9. The summed E-state index contributed by atoms with van der Waals surface area (Å²) < 4.78 is 5.80. The second-order valence-electron chi connectivity index (χ2n) is 3.83. The standard InChI is InChI=1S/C13H9BrClNO3S/c14-12-4-3-11(20-12)10(17)6-19-13(18)8-2-1-7(15)5-9(8)16/h1-5H,6,16H2. The van der Waals surface area contributed by atoms with E-state index in [0.717, 1.165) is 3.79 Å². The van der Waals surface area contributed by atoms with Gasteiger partial charge in [-0.3, -0.25) is 4.79 Å². The Kier molecular flexibility index (Phi) is 4.80. The van der Waals surface area contributed by atoms with E-state index in [-0.39, 0.29) is 23.6 Å². The number of thiophene rings is 1. The average molecular weight is 375 g/mol. The highest BCUT2D eigenvalue weighted by Crippen LogP contribution is 2.23. The summed E-state index contributed by atoms with van der Waals surface area (Å²) >= 11 is 10.3. The first-order chi connectivity index (χ1) is 9.47. The first kappa shape index (κ1) is 15.0. The van der Waals surface area contributed by atoms with Gasteiger partial charge < -0.3 is 10.5 Å². The minimum absolute atomic E-state index is 0.189. The Balaban J connectivity index is 2.00. The number of anilines is 1. The first-order valence-corrected chi connectivity index (χ1v) is 7.47. The lowest BCUT2D eigenvalue weighted by atomic mass is 10.2. The number of ketones is 1. The fraction of sp³-hybridized carbons (Fsp3) is 0.0769. The third-order valence-electron chi connectivity index (χ3n) is 2.42. The lowest BCUT2D eigenvalue weighted by molar-refractivity contribution is 0.0477. The molecule has 0 bridgehead atoms. The van der Waals surface area contributed by atoms with E-state index in [2.05, 4.69) is 15.9 Å². The Morgan fingerprint density at radius 3 is 2.65 bits per heavy atom. The van der Waals surface area contributed by atoms with Crippen molar-refractivity contribution in [1.29, 1.82) is 0 Å². The van der Waals surface area contributed by atoms with Crippen molar-refractivity contribution in [2.45, 2.75) is 0 Å². The first-order valence-electron chi connectivity index (χ1n) is 5.48. The number of rotatable bonds is 4. The van der Waals surface area contributed by atoms with Crippen LogP contribution in [0.3, 0.4) is 0 Å². The summed E-state index contributed by atoms with van der Waals surface area (Å²) in [5.74, 6) is -0.912. The van der Waals surface area contributed by atoms with Gasteiger partial charge in [-0.1, -0.05) is 11.6 Å². The molecule has 20 heavy (non-hydrogen) atoms. The minimum atomic E-state index is -0.650. The molecule has 0 saturated carbocycles. The molecule has 4 nitrogen and oxygen atoms in total. The summed E-state index contributed by atoms with van der Waals surface area (Å²) in [6.07, 6.45) is 0. The van der Waals surface area contributed by atoms with Crippen LogP contribution in [0, 0.1) is 0 Å². The lowest BCUT2D eigenvalue weighted by Crippen LogP contribution is -2.14. The number of carbonyl (C=O) groups excluding carboxylic acids is 2. The van der Waals surface area contributed by atoms with Gasteiger partial charge in [0.1, 0.15) is 0 Å². The van der Waals surface area contributed by atoms with E-state index in [1.807, 2.05) is 0 Å². The zero-order valence-corrected chi connectivity index (χ0v) is 13.2. The fourth-order valence-electron chi connectivity index (χ4n) is 1.46. The molecule has 1 aromatic heterocycles. The van der Waals surface area contributed by atoms with Crippen LogP contribution in [0.1, 0.15) is 20.0 Å². The lowest BCUT2D eigenvalue weighted by Gasteiger charge is -2.06. The number of halogens is 2. The molecule has 1 heterocycles. The third kappa shape index (κ3) is 3.59. The number of benzene rings is 1. The molecule has 0 spiro atoms. The molecule has 2 N–H and O–H groups in total. The highest BCUT2D eigenvalue weighted by Gasteiger charge is 2.15. The number of hydrogen-bond acceptors (Lipinski definition) is 5. The third-order valence-corrected chi connectivity index (χ3v) is 4.32. The quantitative estimate of drug-likeness (QED) is 0.502. The summed E-state index contributed by atoms with van der Waals surface area (Å²) in [5.41, 5.74) is 6.07. The van der Waals surface area contributed by atoms with Gasteiger partial charge in [-0.2, -0.15) is 0 Å². The van der Waals surface area contributed by atoms with Crippen molar-refractivity contribution in [1.82, 2.24) is 0 Å². The number of carbonyl (C=O) groups is 2. The molecule has 0 aliphatic rings. The Bertz CT molecular complexity index is 671. The van der Waals surface area contributed by atoms with Crippen LogP contribution in [0.25, 0.3) is 0 Å². The molecule has 0 saturated heterocycles. The van der Waals surface area contributed by atoms with Gasteiger partial charge >= 0.3 is 5.97 Å². The van der Waals surface area contributed by atoms with E-state index < -0.39 is 5.97 Å². The molecule has 0 unspecified atom stereocenters. The van der Waals surface area contributed by atoms with Gasteiger partial charge in [-0.05, 0) is 46.3 Å². The van der Waals surface area contributed by atoms with Crippen LogP contribution < -0.4 is 5.73 Å². The maximum Gasteiger partial charge on any atom is 0.340 e. The van der Waals surface area contributed by atoms with Crippen molar-refractivity contribution in [3.63, 3.8) is 0 Å². The molecule has 0 amide bonds. The van der Waals surface area contributed by atoms with Gasteiger partial charge in [-0.25, -0.2) is 4.79 Å². The molecule has 0 fully saturated rings. The van der Waals surface area contributed by atoms with Gasteiger partial charge in [0.05, 0.1) is 14.2 Å².